The van der Waals surface area contributed by atoms with Crippen molar-refractivity contribution in [3.8, 4) is 0 Å². The number of hydrogen-bond donors (Lipinski definition) is 2. The molecule has 1 aromatic rings. The minimum absolute atomic E-state index is 0.0411. The number of carbonyl (C=O) groups excluding carboxylic acids is 1. The third-order valence-electron chi connectivity index (χ3n) is 13.0. The Labute approximate surface area is 230 Å². The summed E-state index contributed by atoms with van der Waals surface area (Å²) in [6.07, 6.45) is 10.9. The molecule has 6 rings (SSSR count). The molecule has 210 valence electrons. The van der Waals surface area contributed by atoms with Gasteiger partial charge < -0.3 is 15.1 Å². The van der Waals surface area contributed by atoms with Crippen molar-refractivity contribution >= 4 is 11.6 Å². The first-order valence-electron chi connectivity index (χ1n) is 15.7. The second-order valence-electron chi connectivity index (χ2n) is 15.2. The predicted octanol–water partition coefficient (Wildman–Crippen LogP) is 6.76. The molecule has 1 aliphatic heterocycles. The van der Waals surface area contributed by atoms with Crippen LogP contribution in [0.2, 0.25) is 0 Å². The molecular weight excluding hydrogens is 470 g/mol. The Morgan fingerprint density at radius 3 is 2.55 bits per heavy atom. The number of carbonyl (C=O) groups is 1. The van der Waals surface area contributed by atoms with E-state index in [0.29, 0.717) is 41.9 Å². The normalized spacial score (nSPS) is 44.1. The Hall–Kier alpha value is -1.39. The average Bonchev–Trinajstić information content (AvgIpc) is 3.37. The molecule has 4 aliphatic carbocycles. The van der Waals surface area contributed by atoms with Crippen LogP contribution in [-0.2, 0) is 11.2 Å². The van der Waals surface area contributed by atoms with Crippen molar-refractivity contribution in [1.29, 1.82) is 0 Å². The van der Waals surface area contributed by atoms with Crippen LogP contribution in [0.3, 0.4) is 0 Å². The van der Waals surface area contributed by atoms with E-state index in [1.54, 1.807) is 0 Å². The highest BCUT2D eigenvalue weighted by Gasteiger charge is 2.63. The van der Waals surface area contributed by atoms with Gasteiger partial charge in [-0.05, 0) is 136 Å². The number of aliphatic hydroxyl groups excluding tert-OH is 2. The van der Waals surface area contributed by atoms with E-state index in [1.165, 1.54) is 31.2 Å². The van der Waals surface area contributed by atoms with Gasteiger partial charge in [0.25, 0.3) is 0 Å². The second kappa shape index (κ2) is 9.33. The van der Waals surface area contributed by atoms with Gasteiger partial charge in [-0.1, -0.05) is 39.0 Å². The van der Waals surface area contributed by atoms with Gasteiger partial charge in [0.1, 0.15) is 0 Å². The molecule has 10 atom stereocenters. The first kappa shape index (κ1) is 26.8. The van der Waals surface area contributed by atoms with E-state index in [0.717, 1.165) is 44.2 Å². The second-order valence-corrected chi connectivity index (χ2v) is 15.2. The van der Waals surface area contributed by atoms with E-state index in [4.69, 9.17) is 0 Å². The molecule has 0 unspecified atom stereocenters. The van der Waals surface area contributed by atoms with Crippen LogP contribution in [0.1, 0.15) is 104 Å². The summed E-state index contributed by atoms with van der Waals surface area (Å²) in [6.45, 7) is 11.6. The maximum atomic E-state index is 13.6. The van der Waals surface area contributed by atoms with Gasteiger partial charge in [-0.25, -0.2) is 0 Å². The van der Waals surface area contributed by atoms with Gasteiger partial charge in [-0.2, -0.15) is 0 Å². The number of aliphatic hydroxyl groups is 2. The molecule has 1 aromatic carbocycles. The summed E-state index contributed by atoms with van der Waals surface area (Å²) in [5.41, 5.74) is 2.43. The summed E-state index contributed by atoms with van der Waals surface area (Å²) in [4.78, 5) is 15.7. The molecule has 4 fully saturated rings. The quantitative estimate of drug-likeness (QED) is 0.460. The van der Waals surface area contributed by atoms with Gasteiger partial charge >= 0.3 is 0 Å². The minimum atomic E-state index is -0.258. The third kappa shape index (κ3) is 3.94. The van der Waals surface area contributed by atoms with E-state index in [9.17, 15) is 15.0 Å². The molecule has 0 bridgehead atoms. The third-order valence-corrected chi connectivity index (χ3v) is 13.0. The zero-order valence-electron chi connectivity index (χ0n) is 24.5. The van der Waals surface area contributed by atoms with Crippen LogP contribution in [0.15, 0.2) is 24.3 Å². The molecule has 4 saturated carbocycles. The molecule has 4 nitrogen and oxygen atoms in total. The van der Waals surface area contributed by atoms with Crippen molar-refractivity contribution in [2.45, 2.75) is 123 Å². The largest absolute Gasteiger partial charge is 0.393 e. The van der Waals surface area contributed by atoms with E-state index in [1.807, 2.05) is 6.07 Å². The Kier molecular flexibility index (Phi) is 6.58. The number of anilines is 1. The zero-order chi connectivity index (χ0) is 27.0. The van der Waals surface area contributed by atoms with Crippen LogP contribution in [0.4, 0.5) is 5.69 Å². The lowest BCUT2D eigenvalue weighted by Gasteiger charge is -2.62. The topological polar surface area (TPSA) is 60.8 Å². The molecule has 0 aromatic heterocycles. The fourth-order valence-corrected chi connectivity index (χ4v) is 11.0. The molecule has 0 saturated heterocycles. The summed E-state index contributed by atoms with van der Waals surface area (Å²) in [6, 6.07) is 8.38. The van der Waals surface area contributed by atoms with E-state index in [-0.39, 0.29) is 34.5 Å². The zero-order valence-corrected chi connectivity index (χ0v) is 24.5. The Morgan fingerprint density at radius 1 is 1.00 bits per heavy atom. The first-order chi connectivity index (χ1) is 18.0. The number of fused-ring (bicyclic) bond motifs is 6. The maximum Gasteiger partial charge on any atom is 0.227 e. The number of amides is 1. The summed E-state index contributed by atoms with van der Waals surface area (Å²) in [5, 5.41) is 22.2. The first-order valence-corrected chi connectivity index (χ1v) is 15.7. The number of rotatable bonds is 4. The molecule has 5 aliphatic rings. The smallest absolute Gasteiger partial charge is 0.227 e. The highest BCUT2D eigenvalue weighted by atomic mass is 16.3. The van der Waals surface area contributed by atoms with E-state index >= 15 is 0 Å². The lowest BCUT2D eigenvalue weighted by molar-refractivity contribution is -0.174. The summed E-state index contributed by atoms with van der Waals surface area (Å²) >= 11 is 0. The van der Waals surface area contributed by atoms with Crippen molar-refractivity contribution in [2.75, 3.05) is 4.90 Å². The van der Waals surface area contributed by atoms with Crippen LogP contribution in [-0.4, -0.2) is 33.9 Å². The fourth-order valence-electron chi connectivity index (χ4n) is 11.0. The highest BCUT2D eigenvalue weighted by molar-refractivity contribution is 5.97. The summed E-state index contributed by atoms with van der Waals surface area (Å²) in [5.74, 6) is 3.67. The van der Waals surface area contributed by atoms with Crippen molar-refractivity contribution < 1.29 is 15.0 Å². The van der Waals surface area contributed by atoms with Gasteiger partial charge in [-0.15, -0.1) is 0 Å². The summed E-state index contributed by atoms with van der Waals surface area (Å²) < 4.78 is 0. The van der Waals surface area contributed by atoms with Gasteiger partial charge in [0.2, 0.25) is 5.91 Å². The Balaban J connectivity index is 1.16. The fraction of sp³-hybridized carbons (Fsp3) is 0.794. The van der Waals surface area contributed by atoms with E-state index < -0.39 is 0 Å². The van der Waals surface area contributed by atoms with Gasteiger partial charge in [-0.3, -0.25) is 4.79 Å². The van der Waals surface area contributed by atoms with Crippen LogP contribution >= 0.6 is 0 Å². The summed E-state index contributed by atoms with van der Waals surface area (Å²) in [7, 11) is 0. The average molecular weight is 522 g/mol. The lowest BCUT2D eigenvalue weighted by atomic mass is 9.43. The van der Waals surface area contributed by atoms with Crippen molar-refractivity contribution in [3.05, 3.63) is 29.8 Å². The Morgan fingerprint density at radius 2 is 1.76 bits per heavy atom. The van der Waals surface area contributed by atoms with Crippen LogP contribution in [0.5, 0.6) is 0 Å². The van der Waals surface area contributed by atoms with Crippen LogP contribution < -0.4 is 4.90 Å². The Bertz CT molecular complexity index is 1070. The SMILES string of the molecule is C[C@H](CCC(=O)N1c2ccccc2CC1(C)C)[C@H]1CC[C@H]2[C@@H]3CC[C@@H]4C[C@H](O)CC[C@]4(C)[C@H]3C[C@H](O)[C@]12C. The number of benzene rings is 1. The van der Waals surface area contributed by atoms with Gasteiger partial charge in [0, 0.05) is 17.6 Å². The van der Waals surface area contributed by atoms with Crippen molar-refractivity contribution in [1.82, 2.24) is 0 Å². The molecule has 4 heteroatoms. The molecule has 0 spiro atoms. The molecule has 2 N–H and O–H groups in total. The molecule has 1 heterocycles. The minimum Gasteiger partial charge on any atom is -0.393 e. The van der Waals surface area contributed by atoms with Gasteiger partial charge in [0.05, 0.1) is 12.2 Å². The number of hydrogen-bond acceptors (Lipinski definition) is 3. The van der Waals surface area contributed by atoms with Crippen molar-refractivity contribution in [3.63, 3.8) is 0 Å². The maximum absolute atomic E-state index is 13.6. The van der Waals surface area contributed by atoms with E-state index in [2.05, 4.69) is 57.7 Å². The molecule has 1 amide bonds. The van der Waals surface area contributed by atoms with Gasteiger partial charge in [0.15, 0.2) is 0 Å². The molecule has 0 radical (unpaired) electrons. The molecule has 38 heavy (non-hydrogen) atoms. The lowest BCUT2D eigenvalue weighted by Crippen LogP contribution is -2.58. The standard InChI is InChI=1S/C34H51NO3/c1-21(10-15-31(38)35-29-9-7-6-8-22(29)20-32(35,2)3)26-13-14-27-25-12-11-23-18-24(36)16-17-33(23,4)28(25)19-30(37)34(26,27)5/h6-9,21,23-28,30,36-37H,10-20H2,1-5H3/t21-,23-,24-,25+,26-,27+,28+,30+,33+,34-/m1/s1. The van der Waals surface area contributed by atoms with Crippen LogP contribution in [0, 0.1) is 46.3 Å². The number of nitrogens with zero attached hydrogens (tertiary/aromatic N) is 1. The van der Waals surface area contributed by atoms with Crippen LogP contribution in [0.25, 0.3) is 0 Å². The monoisotopic (exact) mass is 521 g/mol. The molecular formula is C34H51NO3. The predicted molar refractivity (Wildman–Crippen MR) is 153 cm³/mol. The number of para-hydroxylation sites is 1. The highest BCUT2D eigenvalue weighted by Crippen LogP contribution is 2.68. The van der Waals surface area contributed by atoms with Crippen molar-refractivity contribution in [2.24, 2.45) is 46.3 Å².